The molecular weight excluding hydrogens is 262 g/mol. The van der Waals surface area contributed by atoms with Crippen molar-refractivity contribution in [2.45, 2.75) is 44.2 Å². The predicted octanol–water partition coefficient (Wildman–Crippen LogP) is 4.13. The Morgan fingerprint density at radius 3 is 3.06 bits per heavy atom. The summed E-state index contributed by atoms with van der Waals surface area (Å²) < 4.78 is 0. The molecule has 0 spiro atoms. The van der Waals surface area contributed by atoms with Crippen molar-refractivity contribution in [1.29, 1.82) is 0 Å². The van der Waals surface area contributed by atoms with E-state index >= 15 is 0 Å². The lowest BCUT2D eigenvalue weighted by molar-refractivity contribution is 0.706. The van der Waals surface area contributed by atoms with Crippen molar-refractivity contribution < 1.29 is 0 Å². The molecule has 1 N–H and O–H groups in total. The molecule has 0 aliphatic rings. The Balaban J connectivity index is 1.72. The van der Waals surface area contributed by atoms with Crippen LogP contribution in [-0.2, 0) is 6.42 Å². The van der Waals surface area contributed by atoms with Crippen LogP contribution in [0.1, 0.15) is 43.3 Å². The fourth-order valence-corrected chi connectivity index (χ4v) is 3.22. The maximum absolute atomic E-state index is 4.51. The predicted molar refractivity (Wildman–Crippen MR) is 78.4 cm³/mol. The molecule has 0 bridgehead atoms. The number of thioether (sulfide) groups is 1. The zero-order valence-corrected chi connectivity index (χ0v) is 12.3. The topological polar surface area (TPSA) is 41.6 Å². The first-order valence-electron chi connectivity index (χ1n) is 6.45. The molecule has 0 aromatic carbocycles. The van der Waals surface area contributed by atoms with Gasteiger partial charge in [-0.25, -0.2) is 4.98 Å². The highest BCUT2D eigenvalue weighted by Crippen LogP contribution is 2.17. The Hall–Kier alpha value is -0.810. The van der Waals surface area contributed by atoms with Crippen molar-refractivity contribution in [2.24, 2.45) is 0 Å². The van der Waals surface area contributed by atoms with Crippen LogP contribution in [0.5, 0.6) is 0 Å². The molecule has 0 radical (unpaired) electrons. The summed E-state index contributed by atoms with van der Waals surface area (Å²) in [5.41, 5.74) is 0. The largest absolute Gasteiger partial charge is 0.262 e. The van der Waals surface area contributed by atoms with Gasteiger partial charge in [0.05, 0.1) is 0 Å². The van der Waals surface area contributed by atoms with E-state index in [9.17, 15) is 0 Å². The van der Waals surface area contributed by atoms with Crippen molar-refractivity contribution in [3.8, 4) is 0 Å². The maximum Gasteiger partial charge on any atom is 0.208 e. The highest BCUT2D eigenvalue weighted by Gasteiger charge is 2.05. The van der Waals surface area contributed by atoms with Gasteiger partial charge in [-0.1, -0.05) is 44.0 Å². The minimum absolute atomic E-state index is 0.862. The van der Waals surface area contributed by atoms with Gasteiger partial charge in [0.15, 0.2) is 0 Å². The van der Waals surface area contributed by atoms with Crippen LogP contribution in [0.2, 0.25) is 0 Å². The number of nitrogens with zero attached hydrogens (tertiary/aromatic N) is 2. The lowest BCUT2D eigenvalue weighted by Gasteiger charge is -1.96. The summed E-state index contributed by atoms with van der Waals surface area (Å²) in [5, 5.41) is 10.2. The number of aromatic amines is 1. The Kier molecular flexibility index (Phi) is 5.74. The molecule has 0 saturated carbocycles. The van der Waals surface area contributed by atoms with Crippen LogP contribution in [0.25, 0.3) is 0 Å². The van der Waals surface area contributed by atoms with Gasteiger partial charge in [-0.05, 0) is 17.9 Å². The monoisotopic (exact) mass is 281 g/mol. The van der Waals surface area contributed by atoms with Gasteiger partial charge in [0.25, 0.3) is 0 Å². The van der Waals surface area contributed by atoms with Crippen LogP contribution < -0.4 is 0 Å². The number of rotatable bonds is 8. The number of hydrogen-bond donors (Lipinski definition) is 1. The van der Waals surface area contributed by atoms with Gasteiger partial charge < -0.3 is 0 Å². The summed E-state index contributed by atoms with van der Waals surface area (Å²) in [5.74, 6) is 2.09. The third kappa shape index (κ3) is 4.46. The van der Waals surface area contributed by atoms with E-state index in [0.717, 1.165) is 23.2 Å². The molecule has 3 nitrogen and oxygen atoms in total. The van der Waals surface area contributed by atoms with E-state index in [4.69, 9.17) is 0 Å². The smallest absolute Gasteiger partial charge is 0.208 e. The highest BCUT2D eigenvalue weighted by atomic mass is 32.2. The van der Waals surface area contributed by atoms with E-state index in [0.29, 0.717) is 0 Å². The van der Waals surface area contributed by atoms with Crippen LogP contribution in [0.4, 0.5) is 0 Å². The van der Waals surface area contributed by atoms with Gasteiger partial charge in [-0.3, -0.25) is 5.10 Å². The average Bonchev–Trinajstić information content (AvgIpc) is 3.02. The van der Waals surface area contributed by atoms with Gasteiger partial charge in [-0.2, -0.15) is 0 Å². The van der Waals surface area contributed by atoms with E-state index in [1.165, 1.54) is 30.6 Å². The first-order valence-corrected chi connectivity index (χ1v) is 8.31. The van der Waals surface area contributed by atoms with Crippen LogP contribution in [-0.4, -0.2) is 20.9 Å². The summed E-state index contributed by atoms with van der Waals surface area (Å²) >= 11 is 3.51. The van der Waals surface area contributed by atoms with Crippen LogP contribution in [0, 0.1) is 0 Å². The Bertz CT molecular complexity index is 437. The molecule has 0 fully saturated rings. The molecule has 2 heterocycles. The first-order chi connectivity index (χ1) is 8.88. The standard InChI is InChI=1S/C13H19N3S2/c1-2-3-4-5-8-18-13-14-12(15-16-13)10-11-7-6-9-17-11/h6-7,9H,2-5,8,10H2,1H3,(H,14,15,16). The number of aromatic nitrogens is 3. The Morgan fingerprint density at radius 2 is 2.28 bits per heavy atom. The van der Waals surface area contributed by atoms with Crippen molar-refractivity contribution in [2.75, 3.05) is 5.75 Å². The van der Waals surface area contributed by atoms with E-state index in [1.54, 1.807) is 23.1 Å². The fourth-order valence-electron chi connectivity index (χ4n) is 1.69. The van der Waals surface area contributed by atoms with Crippen molar-refractivity contribution in [1.82, 2.24) is 15.2 Å². The molecule has 0 aliphatic heterocycles. The maximum atomic E-state index is 4.51. The molecule has 2 rings (SSSR count). The lowest BCUT2D eigenvalue weighted by Crippen LogP contribution is -1.87. The summed E-state index contributed by atoms with van der Waals surface area (Å²) in [6.07, 6.45) is 6.05. The average molecular weight is 281 g/mol. The van der Waals surface area contributed by atoms with Gasteiger partial charge in [0, 0.05) is 17.1 Å². The van der Waals surface area contributed by atoms with Crippen molar-refractivity contribution in [3.05, 3.63) is 28.2 Å². The van der Waals surface area contributed by atoms with Gasteiger partial charge in [0.2, 0.25) is 5.16 Å². The third-order valence-corrected chi connectivity index (χ3v) is 4.47. The number of H-pyrrole nitrogens is 1. The Morgan fingerprint density at radius 1 is 1.33 bits per heavy atom. The minimum atomic E-state index is 0.862. The Labute approximate surface area is 116 Å². The molecule has 0 atom stereocenters. The molecule has 98 valence electrons. The van der Waals surface area contributed by atoms with E-state index in [1.807, 2.05) is 0 Å². The summed E-state index contributed by atoms with van der Waals surface area (Å²) in [4.78, 5) is 5.83. The summed E-state index contributed by atoms with van der Waals surface area (Å²) in [6, 6.07) is 4.20. The molecule has 0 amide bonds. The van der Waals surface area contributed by atoms with Crippen LogP contribution in [0.15, 0.2) is 22.7 Å². The van der Waals surface area contributed by atoms with Crippen LogP contribution in [0.3, 0.4) is 0 Å². The number of hydrogen-bond acceptors (Lipinski definition) is 4. The van der Waals surface area contributed by atoms with E-state index in [2.05, 4.69) is 39.6 Å². The first kappa shape index (κ1) is 13.6. The summed E-state index contributed by atoms with van der Waals surface area (Å²) in [6.45, 7) is 2.24. The molecule has 0 aliphatic carbocycles. The second-order valence-corrected chi connectivity index (χ2v) is 6.32. The van der Waals surface area contributed by atoms with Crippen molar-refractivity contribution in [3.63, 3.8) is 0 Å². The normalized spacial score (nSPS) is 10.9. The molecule has 5 heteroatoms. The zero-order chi connectivity index (χ0) is 12.6. The molecule has 2 aromatic heterocycles. The number of nitrogens with one attached hydrogen (secondary N) is 1. The summed E-state index contributed by atoms with van der Waals surface area (Å²) in [7, 11) is 0. The number of unbranched alkanes of at least 4 members (excludes halogenated alkanes) is 3. The molecule has 0 unspecified atom stereocenters. The van der Waals surface area contributed by atoms with Crippen LogP contribution >= 0.6 is 23.1 Å². The van der Waals surface area contributed by atoms with Gasteiger partial charge in [-0.15, -0.1) is 16.4 Å². The number of thiophene rings is 1. The second-order valence-electron chi connectivity index (χ2n) is 4.23. The van der Waals surface area contributed by atoms with Gasteiger partial charge >= 0.3 is 0 Å². The lowest BCUT2D eigenvalue weighted by atomic mass is 10.2. The SMILES string of the molecule is CCCCCCSc1n[nH]c(Cc2cccs2)n1. The molecule has 18 heavy (non-hydrogen) atoms. The van der Waals surface area contributed by atoms with E-state index in [-0.39, 0.29) is 0 Å². The molecular formula is C13H19N3S2. The molecule has 0 saturated heterocycles. The van der Waals surface area contributed by atoms with Gasteiger partial charge in [0.1, 0.15) is 5.82 Å². The second kappa shape index (κ2) is 7.59. The fraction of sp³-hybridized carbons (Fsp3) is 0.538. The van der Waals surface area contributed by atoms with E-state index < -0.39 is 0 Å². The van der Waals surface area contributed by atoms with Crippen molar-refractivity contribution >= 4 is 23.1 Å². The highest BCUT2D eigenvalue weighted by molar-refractivity contribution is 7.99. The minimum Gasteiger partial charge on any atom is -0.262 e. The quantitative estimate of drug-likeness (QED) is 0.584. The zero-order valence-electron chi connectivity index (χ0n) is 10.7. The molecule has 2 aromatic rings. The third-order valence-electron chi connectivity index (χ3n) is 2.66.